The van der Waals surface area contributed by atoms with Crippen molar-refractivity contribution in [1.82, 2.24) is 0 Å². The lowest BCUT2D eigenvalue weighted by Crippen LogP contribution is -1.72. The zero-order chi connectivity index (χ0) is 6.85. The van der Waals surface area contributed by atoms with Crippen molar-refractivity contribution in [3.05, 3.63) is 24.0 Å². The minimum atomic E-state index is -0.690. The molecule has 1 radical (unpaired) electrons. The number of phenols is 2. The van der Waals surface area contributed by atoms with Crippen LogP contribution in [0.25, 0.3) is 0 Å². The zero-order valence-electron chi connectivity index (χ0n) is 4.43. The molecule has 0 aliphatic carbocycles. The smallest absolute Gasteiger partial charge is 0.168 e. The highest BCUT2D eigenvalue weighted by Gasteiger charge is 1.98. The number of phenolic OH excluding ortho intramolecular Hbond substituents is 2. The standard InChI is InChI=1S/C6H4FO2/c7-4-1-2-5(8)6(9)3-4/h1-2,8-9H. The largest absolute Gasteiger partial charge is 0.504 e. The third kappa shape index (κ3) is 1.10. The van der Waals surface area contributed by atoms with Gasteiger partial charge in [-0.15, -0.1) is 0 Å². The van der Waals surface area contributed by atoms with E-state index in [2.05, 4.69) is 0 Å². The molecule has 0 aliphatic heterocycles. The third-order valence-electron chi connectivity index (χ3n) is 0.868. The predicted octanol–water partition coefficient (Wildman–Crippen LogP) is 1.04. The molecule has 3 heteroatoms. The van der Waals surface area contributed by atoms with Crippen LogP contribution in [0.2, 0.25) is 0 Å². The second-order valence-electron chi connectivity index (χ2n) is 1.54. The van der Waals surface area contributed by atoms with E-state index in [0.717, 1.165) is 12.1 Å². The molecule has 0 heterocycles. The number of halogens is 1. The molecule has 0 amide bonds. The number of rotatable bonds is 0. The van der Waals surface area contributed by atoms with Gasteiger partial charge in [0.25, 0.3) is 0 Å². The second-order valence-corrected chi connectivity index (χ2v) is 1.54. The normalized spacial score (nSPS) is 9.44. The molecule has 9 heavy (non-hydrogen) atoms. The van der Waals surface area contributed by atoms with Gasteiger partial charge in [-0.3, -0.25) is 0 Å². The molecule has 0 saturated carbocycles. The first-order chi connectivity index (χ1) is 4.20. The highest BCUT2D eigenvalue weighted by molar-refractivity contribution is 5.35. The van der Waals surface area contributed by atoms with E-state index in [9.17, 15) is 4.39 Å². The number of hydrogen-bond acceptors (Lipinski definition) is 2. The second kappa shape index (κ2) is 1.93. The van der Waals surface area contributed by atoms with Gasteiger partial charge in [0.05, 0.1) is 6.07 Å². The SMILES string of the molecule is Oc1[c]c(F)ccc1O. The Hall–Kier alpha value is -1.25. The van der Waals surface area contributed by atoms with Crippen molar-refractivity contribution in [2.45, 2.75) is 0 Å². The van der Waals surface area contributed by atoms with Crippen molar-refractivity contribution < 1.29 is 14.6 Å². The summed E-state index contributed by atoms with van der Waals surface area (Å²) >= 11 is 0. The Morgan fingerprint density at radius 3 is 2.44 bits per heavy atom. The van der Waals surface area contributed by atoms with Gasteiger partial charge in [0.1, 0.15) is 5.82 Å². The van der Waals surface area contributed by atoms with Gasteiger partial charge in [0, 0.05) is 0 Å². The highest BCUT2D eigenvalue weighted by atomic mass is 19.1. The fraction of sp³-hybridized carbons (Fsp3) is 0. The van der Waals surface area contributed by atoms with Crippen LogP contribution < -0.4 is 0 Å². The minimum Gasteiger partial charge on any atom is -0.504 e. The van der Waals surface area contributed by atoms with E-state index in [1.54, 1.807) is 0 Å². The fourth-order valence-corrected chi connectivity index (χ4v) is 0.450. The van der Waals surface area contributed by atoms with Crippen LogP contribution in [0.1, 0.15) is 0 Å². The van der Waals surface area contributed by atoms with Gasteiger partial charge < -0.3 is 10.2 Å². The van der Waals surface area contributed by atoms with E-state index in [1.807, 2.05) is 6.07 Å². The molecule has 0 aromatic heterocycles. The summed E-state index contributed by atoms with van der Waals surface area (Å²) in [7, 11) is 0. The molecule has 0 unspecified atom stereocenters. The molecular formula is C6H4FO2. The lowest BCUT2D eigenvalue weighted by molar-refractivity contribution is 0.398. The summed E-state index contributed by atoms with van der Waals surface area (Å²) in [5.41, 5.74) is 0. The highest BCUT2D eigenvalue weighted by Crippen LogP contribution is 2.22. The van der Waals surface area contributed by atoms with Crippen molar-refractivity contribution in [2.75, 3.05) is 0 Å². The van der Waals surface area contributed by atoms with Crippen molar-refractivity contribution in [1.29, 1.82) is 0 Å². The van der Waals surface area contributed by atoms with Crippen LogP contribution in [0, 0.1) is 11.9 Å². The van der Waals surface area contributed by atoms with Crippen LogP contribution in [-0.4, -0.2) is 10.2 Å². The average molecular weight is 127 g/mol. The quantitative estimate of drug-likeness (QED) is 0.511. The van der Waals surface area contributed by atoms with E-state index in [1.165, 1.54) is 0 Å². The summed E-state index contributed by atoms with van der Waals surface area (Å²) in [6.45, 7) is 0. The average Bonchev–Trinajstić information content (AvgIpc) is 1.80. The van der Waals surface area contributed by atoms with E-state index >= 15 is 0 Å². The first-order valence-electron chi connectivity index (χ1n) is 2.30. The van der Waals surface area contributed by atoms with Gasteiger partial charge in [-0.25, -0.2) is 4.39 Å². The topological polar surface area (TPSA) is 40.5 Å². The minimum absolute atomic E-state index is 0.364. The maximum absolute atomic E-state index is 12.0. The molecule has 1 aromatic carbocycles. The summed E-state index contributed by atoms with van der Waals surface area (Å²) in [6.07, 6.45) is 0. The van der Waals surface area contributed by atoms with Crippen LogP contribution >= 0.6 is 0 Å². The van der Waals surface area contributed by atoms with Gasteiger partial charge in [-0.05, 0) is 12.1 Å². The van der Waals surface area contributed by atoms with E-state index in [4.69, 9.17) is 10.2 Å². The van der Waals surface area contributed by atoms with E-state index < -0.39 is 11.6 Å². The van der Waals surface area contributed by atoms with Gasteiger partial charge >= 0.3 is 0 Å². The number of hydrogen-bond donors (Lipinski definition) is 2. The molecule has 1 aromatic rings. The number of aromatic hydroxyl groups is 2. The van der Waals surface area contributed by atoms with Crippen molar-refractivity contribution in [3.63, 3.8) is 0 Å². The summed E-state index contributed by atoms with van der Waals surface area (Å²) in [4.78, 5) is 0. The number of benzene rings is 1. The first-order valence-corrected chi connectivity index (χ1v) is 2.30. The van der Waals surface area contributed by atoms with Crippen molar-refractivity contribution >= 4 is 0 Å². The molecule has 0 fully saturated rings. The van der Waals surface area contributed by atoms with E-state index in [0.29, 0.717) is 0 Å². The molecule has 0 aliphatic rings. The molecule has 0 spiro atoms. The molecule has 0 saturated heterocycles. The maximum atomic E-state index is 12.0. The van der Waals surface area contributed by atoms with Crippen LogP contribution in [0.4, 0.5) is 4.39 Å². The van der Waals surface area contributed by atoms with Crippen LogP contribution in [0.5, 0.6) is 11.5 Å². The molecule has 0 atom stereocenters. The summed E-state index contributed by atoms with van der Waals surface area (Å²) in [5.74, 6) is -1.61. The van der Waals surface area contributed by atoms with Crippen LogP contribution in [0.15, 0.2) is 12.1 Å². The molecule has 1 rings (SSSR count). The zero-order valence-corrected chi connectivity index (χ0v) is 4.43. The van der Waals surface area contributed by atoms with E-state index in [-0.39, 0.29) is 5.75 Å². The Bertz CT molecular complexity index is 222. The molecule has 2 N–H and O–H groups in total. The Balaban J connectivity index is 3.17. The lowest BCUT2D eigenvalue weighted by Gasteiger charge is -1.92. The van der Waals surface area contributed by atoms with Gasteiger partial charge in [-0.1, -0.05) is 0 Å². The molecule has 47 valence electrons. The third-order valence-corrected chi connectivity index (χ3v) is 0.868. The summed E-state index contributed by atoms with van der Waals surface area (Å²) < 4.78 is 12.0. The predicted molar refractivity (Wildman–Crippen MR) is 28.6 cm³/mol. The van der Waals surface area contributed by atoms with Crippen molar-refractivity contribution in [2.24, 2.45) is 0 Å². The van der Waals surface area contributed by atoms with Gasteiger partial charge in [0.15, 0.2) is 11.5 Å². The summed E-state index contributed by atoms with van der Waals surface area (Å²) in [5, 5.41) is 17.2. The first kappa shape index (κ1) is 5.88. The van der Waals surface area contributed by atoms with Gasteiger partial charge in [-0.2, -0.15) is 0 Å². The van der Waals surface area contributed by atoms with Crippen molar-refractivity contribution in [3.8, 4) is 11.5 Å². The fourth-order valence-electron chi connectivity index (χ4n) is 0.450. The maximum Gasteiger partial charge on any atom is 0.168 e. The Kier molecular flexibility index (Phi) is 1.26. The molecule has 0 bridgehead atoms. The molecular weight excluding hydrogens is 123 g/mol. The molecule has 2 nitrogen and oxygen atoms in total. The summed E-state index contributed by atoms with van der Waals surface area (Å²) in [6, 6.07) is 3.94. The van der Waals surface area contributed by atoms with Crippen LogP contribution in [0.3, 0.4) is 0 Å². The Labute approximate surface area is 51.2 Å². The monoisotopic (exact) mass is 127 g/mol. The lowest BCUT2D eigenvalue weighted by atomic mass is 10.3. The Morgan fingerprint density at radius 2 is 2.00 bits per heavy atom. The Morgan fingerprint density at radius 1 is 1.33 bits per heavy atom. The van der Waals surface area contributed by atoms with Crippen LogP contribution in [-0.2, 0) is 0 Å². The van der Waals surface area contributed by atoms with Gasteiger partial charge in [0.2, 0.25) is 0 Å².